The van der Waals surface area contributed by atoms with Gasteiger partial charge in [-0.15, -0.1) is 12.4 Å². The van der Waals surface area contributed by atoms with E-state index in [0.717, 1.165) is 31.4 Å². The van der Waals surface area contributed by atoms with Crippen LogP contribution in [-0.2, 0) is 15.0 Å². The highest BCUT2D eigenvalue weighted by Gasteiger charge is 2.36. The predicted octanol–water partition coefficient (Wildman–Crippen LogP) is 2.14. The summed E-state index contributed by atoms with van der Waals surface area (Å²) >= 11 is 0. The van der Waals surface area contributed by atoms with Crippen LogP contribution in [0.25, 0.3) is 0 Å². The number of methoxy groups -OCH3 is 1. The highest BCUT2D eigenvalue weighted by molar-refractivity contribution is 5.87. The summed E-state index contributed by atoms with van der Waals surface area (Å²) in [7, 11) is 1.66. The number of halogens is 1. The van der Waals surface area contributed by atoms with E-state index >= 15 is 0 Å². The maximum absolute atomic E-state index is 12.2. The Hall–Kier alpha value is -1.79. The molecule has 152 valence electrons. The summed E-state index contributed by atoms with van der Waals surface area (Å²) in [6, 6.07) is 7.48. The minimum Gasteiger partial charge on any atom is -0.497 e. The number of amides is 2. The molecule has 0 spiro atoms. The molecule has 27 heavy (non-hydrogen) atoms. The van der Waals surface area contributed by atoms with Gasteiger partial charge in [0.25, 0.3) is 0 Å². The summed E-state index contributed by atoms with van der Waals surface area (Å²) in [4.78, 5) is 24.1. The lowest BCUT2D eigenvalue weighted by Gasteiger charge is -2.30. The molecule has 0 heterocycles. The van der Waals surface area contributed by atoms with Crippen LogP contribution in [-0.4, -0.2) is 38.1 Å². The summed E-state index contributed by atoms with van der Waals surface area (Å²) in [5.74, 6) is 0.380. The van der Waals surface area contributed by atoms with Crippen molar-refractivity contribution in [2.45, 2.75) is 51.0 Å². The normalized spacial score (nSPS) is 16.3. The van der Waals surface area contributed by atoms with Crippen LogP contribution in [0.3, 0.4) is 0 Å². The molecule has 1 fully saturated rings. The molecule has 2 rings (SSSR count). The minimum atomic E-state index is -0.597. The molecule has 7 heteroatoms. The Morgan fingerprint density at radius 2 is 1.89 bits per heavy atom. The first-order chi connectivity index (χ1) is 12.4. The molecule has 0 bridgehead atoms. The standard InChI is InChI=1S/C20H31N3O3.ClH/c1-14(2)18(21)19(25)22-12-17(24)23-13-20(9-4-5-10-20)15-7-6-8-16(11-15)26-3;/h6-8,11,14,18H,4-5,9-10,12-13,21H2,1-3H3,(H,22,25)(H,23,24);1H/t18-;/m0./s1. The fourth-order valence-electron chi connectivity index (χ4n) is 3.49. The van der Waals surface area contributed by atoms with Gasteiger partial charge in [-0.25, -0.2) is 0 Å². The van der Waals surface area contributed by atoms with E-state index in [4.69, 9.17) is 10.5 Å². The van der Waals surface area contributed by atoms with Gasteiger partial charge in [-0.3, -0.25) is 9.59 Å². The number of nitrogens with two attached hydrogens (primary N) is 1. The van der Waals surface area contributed by atoms with Crippen molar-refractivity contribution in [3.8, 4) is 5.75 Å². The van der Waals surface area contributed by atoms with Crippen molar-refractivity contribution in [3.63, 3.8) is 0 Å². The molecule has 1 atom stereocenters. The number of ether oxygens (including phenoxy) is 1. The van der Waals surface area contributed by atoms with Crippen LogP contribution in [0.5, 0.6) is 5.75 Å². The molecule has 1 aliphatic rings. The molecule has 0 unspecified atom stereocenters. The number of nitrogens with one attached hydrogen (secondary N) is 2. The fourth-order valence-corrected chi connectivity index (χ4v) is 3.49. The van der Waals surface area contributed by atoms with Crippen molar-refractivity contribution in [2.75, 3.05) is 20.2 Å². The lowest BCUT2D eigenvalue weighted by atomic mass is 9.78. The number of carbonyl (C=O) groups is 2. The lowest BCUT2D eigenvalue weighted by molar-refractivity contribution is -0.127. The van der Waals surface area contributed by atoms with Crippen LogP contribution >= 0.6 is 12.4 Å². The molecule has 0 saturated heterocycles. The minimum absolute atomic E-state index is 0. The zero-order valence-electron chi connectivity index (χ0n) is 16.4. The first-order valence-corrected chi connectivity index (χ1v) is 9.32. The van der Waals surface area contributed by atoms with Crippen LogP contribution in [0, 0.1) is 5.92 Å². The molecule has 2 amide bonds. The Morgan fingerprint density at radius 3 is 2.48 bits per heavy atom. The van der Waals surface area contributed by atoms with Crippen LogP contribution in [0.1, 0.15) is 45.1 Å². The summed E-state index contributed by atoms with van der Waals surface area (Å²) in [5.41, 5.74) is 6.92. The van der Waals surface area contributed by atoms with Crippen molar-refractivity contribution < 1.29 is 14.3 Å². The van der Waals surface area contributed by atoms with Crippen molar-refractivity contribution in [3.05, 3.63) is 29.8 Å². The van der Waals surface area contributed by atoms with Crippen molar-refractivity contribution in [2.24, 2.45) is 11.7 Å². The van der Waals surface area contributed by atoms with Crippen molar-refractivity contribution >= 4 is 24.2 Å². The van der Waals surface area contributed by atoms with E-state index in [2.05, 4.69) is 22.8 Å². The van der Waals surface area contributed by atoms with E-state index in [1.54, 1.807) is 7.11 Å². The lowest BCUT2D eigenvalue weighted by Crippen LogP contribution is -2.48. The zero-order valence-corrected chi connectivity index (χ0v) is 17.2. The average Bonchev–Trinajstić information content (AvgIpc) is 3.14. The molecule has 6 nitrogen and oxygen atoms in total. The van der Waals surface area contributed by atoms with E-state index in [-0.39, 0.29) is 42.1 Å². The van der Waals surface area contributed by atoms with Gasteiger partial charge in [0.15, 0.2) is 0 Å². The van der Waals surface area contributed by atoms with Gasteiger partial charge in [0.1, 0.15) is 5.75 Å². The fraction of sp³-hybridized carbons (Fsp3) is 0.600. The van der Waals surface area contributed by atoms with Gasteiger partial charge in [0.05, 0.1) is 19.7 Å². The first kappa shape index (κ1) is 23.2. The number of hydrogen-bond acceptors (Lipinski definition) is 4. The SMILES string of the molecule is COc1cccc(C2(CNC(=O)CNC(=O)[C@@H](N)C(C)C)CCCC2)c1.Cl. The van der Waals surface area contributed by atoms with Gasteiger partial charge >= 0.3 is 0 Å². The molecule has 0 aromatic heterocycles. The Bertz CT molecular complexity index is 631. The maximum atomic E-state index is 12.2. The van der Waals surface area contributed by atoms with Crippen molar-refractivity contribution in [1.29, 1.82) is 0 Å². The second kappa shape index (κ2) is 10.5. The van der Waals surface area contributed by atoms with E-state index in [0.29, 0.717) is 6.54 Å². The Balaban J connectivity index is 0.00000364. The second-order valence-corrected chi connectivity index (χ2v) is 7.48. The van der Waals surface area contributed by atoms with Crippen LogP contribution in [0.2, 0.25) is 0 Å². The highest BCUT2D eigenvalue weighted by Crippen LogP contribution is 2.41. The van der Waals surface area contributed by atoms with Crippen molar-refractivity contribution in [1.82, 2.24) is 10.6 Å². The summed E-state index contributed by atoms with van der Waals surface area (Å²) in [6.07, 6.45) is 4.36. The van der Waals surface area contributed by atoms with E-state index in [1.165, 1.54) is 5.56 Å². The third-order valence-electron chi connectivity index (χ3n) is 5.31. The van der Waals surface area contributed by atoms with E-state index < -0.39 is 6.04 Å². The predicted molar refractivity (Wildman–Crippen MR) is 109 cm³/mol. The van der Waals surface area contributed by atoms with Gasteiger partial charge in [-0.05, 0) is 36.5 Å². The topological polar surface area (TPSA) is 93.5 Å². The largest absolute Gasteiger partial charge is 0.497 e. The van der Waals surface area contributed by atoms with Gasteiger partial charge in [0, 0.05) is 12.0 Å². The molecule has 0 aliphatic heterocycles. The van der Waals surface area contributed by atoms with Gasteiger partial charge in [-0.1, -0.05) is 38.8 Å². The highest BCUT2D eigenvalue weighted by atomic mass is 35.5. The molecule has 1 aromatic rings. The third kappa shape index (κ3) is 6.11. The molecule has 1 aromatic carbocycles. The summed E-state index contributed by atoms with van der Waals surface area (Å²) < 4.78 is 5.34. The molecule has 1 aliphatic carbocycles. The quantitative estimate of drug-likeness (QED) is 0.626. The molecule has 4 N–H and O–H groups in total. The third-order valence-corrected chi connectivity index (χ3v) is 5.31. The Morgan fingerprint density at radius 1 is 1.22 bits per heavy atom. The average molecular weight is 398 g/mol. The number of carbonyl (C=O) groups excluding carboxylic acids is 2. The maximum Gasteiger partial charge on any atom is 0.239 e. The Kier molecular flexibility index (Phi) is 9.06. The van der Waals surface area contributed by atoms with Gasteiger partial charge in [0.2, 0.25) is 11.8 Å². The number of benzene rings is 1. The van der Waals surface area contributed by atoms with Gasteiger partial charge < -0.3 is 21.1 Å². The molecule has 0 radical (unpaired) electrons. The molecular weight excluding hydrogens is 366 g/mol. The zero-order chi connectivity index (χ0) is 19.2. The Labute approximate surface area is 168 Å². The second-order valence-electron chi connectivity index (χ2n) is 7.48. The smallest absolute Gasteiger partial charge is 0.239 e. The summed E-state index contributed by atoms with van der Waals surface area (Å²) in [6.45, 7) is 4.27. The molecular formula is C20H32ClN3O3. The van der Waals surface area contributed by atoms with Crippen LogP contribution < -0.4 is 21.1 Å². The number of hydrogen-bond donors (Lipinski definition) is 3. The van der Waals surface area contributed by atoms with E-state index in [1.807, 2.05) is 26.0 Å². The monoisotopic (exact) mass is 397 g/mol. The van der Waals surface area contributed by atoms with Gasteiger partial charge in [-0.2, -0.15) is 0 Å². The molecule has 1 saturated carbocycles. The first-order valence-electron chi connectivity index (χ1n) is 9.32. The summed E-state index contributed by atoms with van der Waals surface area (Å²) in [5, 5.41) is 5.60. The van der Waals surface area contributed by atoms with Crippen LogP contribution in [0.15, 0.2) is 24.3 Å². The van der Waals surface area contributed by atoms with E-state index in [9.17, 15) is 9.59 Å². The van der Waals surface area contributed by atoms with Crippen LogP contribution in [0.4, 0.5) is 0 Å². The number of rotatable bonds is 8.